The van der Waals surface area contributed by atoms with Crippen molar-refractivity contribution in [3.63, 3.8) is 0 Å². The van der Waals surface area contributed by atoms with Crippen LogP contribution in [0.5, 0.6) is 0 Å². The molecular weight excluding hydrogens is 289 g/mol. The van der Waals surface area contributed by atoms with Gasteiger partial charge in [-0.3, -0.25) is 10.4 Å². The van der Waals surface area contributed by atoms with Crippen LogP contribution in [0.25, 0.3) is 0 Å². The Labute approximate surface area is 121 Å². The second-order valence-electron chi connectivity index (χ2n) is 3.77. The van der Waals surface area contributed by atoms with Gasteiger partial charge < -0.3 is 0 Å². The molecule has 2 rings (SSSR count). The fourth-order valence-corrected chi connectivity index (χ4v) is 2.78. The first-order chi connectivity index (χ1) is 8.70. The van der Waals surface area contributed by atoms with Gasteiger partial charge in [0.05, 0.1) is 10.7 Å². The summed E-state index contributed by atoms with van der Waals surface area (Å²) >= 11 is 13.7. The molecule has 0 amide bonds. The highest BCUT2D eigenvalue weighted by atomic mass is 35.5. The third kappa shape index (κ3) is 3.40. The van der Waals surface area contributed by atoms with Gasteiger partial charge in [-0.2, -0.15) is 5.10 Å². The van der Waals surface area contributed by atoms with E-state index in [1.54, 1.807) is 17.8 Å². The lowest BCUT2D eigenvalue weighted by Gasteiger charge is -2.15. The number of benzene rings is 1. The molecule has 0 unspecified atom stereocenters. The summed E-state index contributed by atoms with van der Waals surface area (Å²) in [5, 5.41) is 6.43. The van der Waals surface area contributed by atoms with E-state index < -0.39 is 0 Å². The smallest absolute Gasteiger partial charge is 0.177 e. The minimum atomic E-state index is 0.623. The highest BCUT2D eigenvalue weighted by molar-refractivity contribution is 8.14. The van der Waals surface area contributed by atoms with Crippen molar-refractivity contribution in [2.24, 2.45) is 10.1 Å². The number of thioether (sulfide) groups is 1. The van der Waals surface area contributed by atoms with Crippen LogP contribution in [0.3, 0.4) is 0 Å². The molecular formula is C12H13Cl2N3S. The monoisotopic (exact) mass is 301 g/mol. The number of hydrogen-bond acceptors (Lipinski definition) is 3. The molecule has 96 valence electrons. The molecule has 1 aliphatic heterocycles. The van der Waals surface area contributed by atoms with E-state index in [9.17, 15) is 0 Å². The zero-order chi connectivity index (χ0) is 13.0. The fourth-order valence-electron chi connectivity index (χ4n) is 1.47. The van der Waals surface area contributed by atoms with E-state index in [1.807, 2.05) is 12.1 Å². The summed E-state index contributed by atoms with van der Waals surface area (Å²) < 4.78 is 0. The Morgan fingerprint density at radius 1 is 1.44 bits per heavy atom. The summed E-state index contributed by atoms with van der Waals surface area (Å²) in [5.41, 5.74) is 4.78. The number of halogens is 2. The Balaban J connectivity index is 2.14. The van der Waals surface area contributed by atoms with E-state index in [-0.39, 0.29) is 0 Å². The summed E-state index contributed by atoms with van der Waals surface area (Å²) in [7, 11) is 0. The lowest BCUT2D eigenvalue weighted by atomic mass is 10.1. The molecule has 0 aliphatic carbocycles. The summed E-state index contributed by atoms with van der Waals surface area (Å²) in [4.78, 5) is 4.37. The maximum absolute atomic E-state index is 6.15. The Morgan fingerprint density at radius 3 is 2.89 bits per heavy atom. The molecule has 1 aliphatic rings. The number of hydrogen-bond donors (Lipinski definition) is 1. The first-order valence-electron chi connectivity index (χ1n) is 5.66. The highest BCUT2D eigenvalue weighted by Gasteiger charge is 2.15. The molecule has 0 saturated heterocycles. The van der Waals surface area contributed by atoms with Crippen molar-refractivity contribution in [2.75, 3.05) is 12.3 Å². The quantitative estimate of drug-likeness (QED) is 0.922. The van der Waals surface area contributed by atoms with Gasteiger partial charge in [0, 0.05) is 22.9 Å². The van der Waals surface area contributed by atoms with Gasteiger partial charge in [-0.15, -0.1) is 0 Å². The predicted molar refractivity (Wildman–Crippen MR) is 81.2 cm³/mol. The van der Waals surface area contributed by atoms with Crippen molar-refractivity contribution in [1.82, 2.24) is 5.43 Å². The number of nitrogens with zero attached hydrogens (tertiary/aromatic N) is 2. The summed E-state index contributed by atoms with van der Waals surface area (Å²) in [6.07, 6.45) is 1.03. The molecule has 0 atom stereocenters. The first-order valence-corrected chi connectivity index (χ1v) is 7.40. The average Bonchev–Trinajstić information content (AvgIpc) is 2.37. The summed E-state index contributed by atoms with van der Waals surface area (Å²) in [6, 6.07) is 5.43. The van der Waals surface area contributed by atoms with Crippen molar-refractivity contribution < 1.29 is 0 Å². The second-order valence-corrected chi connectivity index (χ2v) is 5.58. The molecule has 1 aromatic rings. The van der Waals surface area contributed by atoms with Crippen molar-refractivity contribution in [2.45, 2.75) is 13.3 Å². The molecule has 1 aromatic carbocycles. The molecule has 1 N–H and O–H groups in total. The Hall–Kier alpha value is -0.710. The van der Waals surface area contributed by atoms with Crippen LogP contribution >= 0.6 is 35.0 Å². The second kappa shape index (κ2) is 6.45. The molecule has 6 heteroatoms. The van der Waals surface area contributed by atoms with Crippen molar-refractivity contribution in [3.8, 4) is 0 Å². The van der Waals surface area contributed by atoms with E-state index >= 15 is 0 Å². The zero-order valence-electron chi connectivity index (χ0n) is 9.91. The van der Waals surface area contributed by atoms with Gasteiger partial charge in [0.15, 0.2) is 5.17 Å². The minimum Gasteiger partial charge on any atom is -0.261 e. The molecule has 0 spiro atoms. The van der Waals surface area contributed by atoms with Crippen LogP contribution < -0.4 is 5.43 Å². The predicted octanol–water partition coefficient (Wildman–Crippen LogP) is 3.80. The van der Waals surface area contributed by atoms with E-state index in [1.165, 1.54) is 0 Å². The Morgan fingerprint density at radius 2 is 2.28 bits per heavy atom. The van der Waals surface area contributed by atoms with Gasteiger partial charge in [0.2, 0.25) is 0 Å². The minimum absolute atomic E-state index is 0.623. The van der Waals surface area contributed by atoms with Gasteiger partial charge in [0.25, 0.3) is 0 Å². The SMILES string of the molecule is CCCN=C1NN=C(c2ccc(Cl)cc2Cl)CS1. The first kappa shape index (κ1) is 13.7. The highest BCUT2D eigenvalue weighted by Crippen LogP contribution is 2.24. The van der Waals surface area contributed by atoms with Crippen LogP contribution in [-0.4, -0.2) is 23.2 Å². The standard InChI is InChI=1S/C12H13Cl2N3S/c1-2-5-15-12-17-16-11(7-18-12)9-4-3-8(13)6-10(9)14/h3-4,6H,2,5,7H2,1H3,(H,15,17). The fraction of sp³-hybridized carbons (Fsp3) is 0.333. The van der Waals surface area contributed by atoms with Gasteiger partial charge in [-0.05, 0) is 18.6 Å². The zero-order valence-corrected chi connectivity index (χ0v) is 12.2. The largest absolute Gasteiger partial charge is 0.261 e. The Bertz CT molecular complexity index is 500. The van der Waals surface area contributed by atoms with Gasteiger partial charge >= 0.3 is 0 Å². The number of nitrogens with one attached hydrogen (secondary N) is 1. The van der Waals surface area contributed by atoms with Crippen molar-refractivity contribution in [3.05, 3.63) is 33.8 Å². The number of rotatable bonds is 3. The third-order valence-corrected chi connectivity index (χ3v) is 3.81. The third-order valence-electron chi connectivity index (χ3n) is 2.35. The lowest BCUT2D eigenvalue weighted by molar-refractivity contribution is 0.915. The maximum Gasteiger partial charge on any atom is 0.177 e. The van der Waals surface area contributed by atoms with E-state index in [0.717, 1.165) is 35.2 Å². The van der Waals surface area contributed by atoms with E-state index in [2.05, 4.69) is 22.4 Å². The summed E-state index contributed by atoms with van der Waals surface area (Å²) in [6.45, 7) is 2.92. The molecule has 1 heterocycles. The van der Waals surface area contributed by atoms with E-state index in [0.29, 0.717) is 10.0 Å². The van der Waals surface area contributed by atoms with Crippen LogP contribution in [-0.2, 0) is 0 Å². The van der Waals surface area contributed by atoms with Gasteiger partial charge in [-0.1, -0.05) is 48.0 Å². The maximum atomic E-state index is 6.15. The molecule has 0 bridgehead atoms. The van der Waals surface area contributed by atoms with Crippen LogP contribution in [0.2, 0.25) is 10.0 Å². The van der Waals surface area contributed by atoms with Crippen molar-refractivity contribution in [1.29, 1.82) is 0 Å². The van der Waals surface area contributed by atoms with Crippen LogP contribution in [0.1, 0.15) is 18.9 Å². The van der Waals surface area contributed by atoms with Gasteiger partial charge in [0.1, 0.15) is 0 Å². The van der Waals surface area contributed by atoms with Crippen molar-refractivity contribution >= 4 is 45.8 Å². The molecule has 0 aromatic heterocycles. The topological polar surface area (TPSA) is 36.8 Å². The van der Waals surface area contributed by atoms with Crippen LogP contribution in [0.15, 0.2) is 28.3 Å². The molecule has 0 saturated carbocycles. The normalized spacial score (nSPS) is 17.5. The van der Waals surface area contributed by atoms with E-state index in [4.69, 9.17) is 23.2 Å². The molecule has 3 nitrogen and oxygen atoms in total. The molecule has 0 fully saturated rings. The van der Waals surface area contributed by atoms with Crippen LogP contribution in [0, 0.1) is 0 Å². The van der Waals surface area contributed by atoms with Gasteiger partial charge in [-0.25, -0.2) is 0 Å². The summed E-state index contributed by atoms with van der Waals surface area (Å²) in [5.74, 6) is 0.761. The Kier molecular flexibility index (Phi) is 4.92. The molecule has 0 radical (unpaired) electrons. The number of amidine groups is 1. The average molecular weight is 302 g/mol. The lowest BCUT2D eigenvalue weighted by Crippen LogP contribution is -2.25. The molecule has 18 heavy (non-hydrogen) atoms. The number of hydrazone groups is 1. The number of aliphatic imine (C=N–C) groups is 1. The van der Waals surface area contributed by atoms with Crippen LogP contribution in [0.4, 0.5) is 0 Å².